The van der Waals surface area contributed by atoms with Gasteiger partial charge in [0.05, 0.1) is 11.2 Å². The second kappa shape index (κ2) is 6.68. The highest BCUT2D eigenvalue weighted by atomic mass is 35.5. The third-order valence-corrected chi connectivity index (χ3v) is 3.81. The summed E-state index contributed by atoms with van der Waals surface area (Å²) in [5, 5.41) is 4.29. The van der Waals surface area contributed by atoms with Crippen molar-refractivity contribution in [2.45, 2.75) is 26.3 Å². The summed E-state index contributed by atoms with van der Waals surface area (Å²) in [6.07, 6.45) is 7.86. The molecular formula is C18H21ClN2. The second-order valence-corrected chi connectivity index (χ2v) is 5.44. The Morgan fingerprint density at radius 3 is 2.76 bits per heavy atom. The molecule has 1 unspecified atom stereocenters. The van der Waals surface area contributed by atoms with Crippen molar-refractivity contribution in [1.82, 2.24) is 9.88 Å². The first-order chi connectivity index (χ1) is 10.1. The van der Waals surface area contributed by atoms with Crippen LogP contribution in [0.1, 0.15) is 30.6 Å². The van der Waals surface area contributed by atoms with Crippen molar-refractivity contribution in [2.24, 2.45) is 0 Å². The van der Waals surface area contributed by atoms with Crippen LogP contribution in [0.5, 0.6) is 0 Å². The van der Waals surface area contributed by atoms with E-state index in [9.17, 15) is 0 Å². The number of halogens is 1. The van der Waals surface area contributed by atoms with Crippen molar-refractivity contribution in [2.75, 3.05) is 0 Å². The first-order valence-corrected chi connectivity index (χ1v) is 7.45. The van der Waals surface area contributed by atoms with E-state index in [1.165, 1.54) is 16.5 Å². The predicted molar refractivity (Wildman–Crippen MR) is 93.4 cm³/mol. The van der Waals surface area contributed by atoms with Gasteiger partial charge in [-0.15, -0.1) is 0 Å². The molecule has 0 aliphatic heterocycles. The van der Waals surface area contributed by atoms with E-state index in [2.05, 4.69) is 60.8 Å². The van der Waals surface area contributed by atoms with Gasteiger partial charge in [-0.25, -0.2) is 0 Å². The molecule has 0 bridgehead atoms. The molecule has 0 aliphatic carbocycles. The smallest absolute Gasteiger partial charge is 0.142 e. The number of alkyl halides is 1. The number of nitrogens with zero attached hydrogens (tertiary/aromatic N) is 1. The van der Waals surface area contributed by atoms with Gasteiger partial charge in [0, 0.05) is 11.6 Å². The summed E-state index contributed by atoms with van der Waals surface area (Å²) in [7, 11) is 0. The van der Waals surface area contributed by atoms with Gasteiger partial charge in [0.15, 0.2) is 0 Å². The average Bonchev–Trinajstić information content (AvgIpc) is 2.73. The van der Waals surface area contributed by atoms with Gasteiger partial charge in [0.2, 0.25) is 0 Å². The molecule has 1 N–H and O–H groups in total. The molecule has 0 radical (unpaired) electrons. The number of allylic oxidation sites excluding steroid dienone is 3. The summed E-state index contributed by atoms with van der Waals surface area (Å²) in [6.45, 7) is 9.90. The van der Waals surface area contributed by atoms with Crippen LogP contribution in [0.2, 0.25) is 0 Å². The summed E-state index contributed by atoms with van der Waals surface area (Å²) in [5.74, 6) is 0. The second-order valence-electron chi connectivity index (χ2n) is 5.00. The monoisotopic (exact) mass is 300 g/mol. The Morgan fingerprint density at radius 1 is 1.38 bits per heavy atom. The number of fused-ring (bicyclic) bond motifs is 1. The van der Waals surface area contributed by atoms with Gasteiger partial charge in [0.1, 0.15) is 5.50 Å². The van der Waals surface area contributed by atoms with Crippen molar-refractivity contribution >= 4 is 28.7 Å². The zero-order valence-corrected chi connectivity index (χ0v) is 13.5. The normalized spacial score (nSPS) is 13.8. The lowest BCUT2D eigenvalue weighted by Crippen LogP contribution is -2.13. The fourth-order valence-electron chi connectivity index (χ4n) is 2.59. The molecule has 0 amide bonds. The zero-order valence-electron chi connectivity index (χ0n) is 12.7. The van der Waals surface area contributed by atoms with Crippen LogP contribution in [-0.4, -0.2) is 4.57 Å². The van der Waals surface area contributed by atoms with Gasteiger partial charge in [-0.2, -0.15) is 0 Å². The summed E-state index contributed by atoms with van der Waals surface area (Å²) in [5.41, 5.74) is 4.24. The maximum Gasteiger partial charge on any atom is 0.142 e. The predicted octanol–water partition coefficient (Wildman–Crippen LogP) is 5.36. The number of rotatable bonds is 5. The van der Waals surface area contributed by atoms with E-state index < -0.39 is 0 Å². The van der Waals surface area contributed by atoms with Crippen LogP contribution >= 0.6 is 11.6 Å². The third-order valence-electron chi connectivity index (χ3n) is 3.48. The molecule has 21 heavy (non-hydrogen) atoms. The number of aromatic nitrogens is 1. The van der Waals surface area contributed by atoms with Crippen LogP contribution < -0.4 is 5.32 Å². The van der Waals surface area contributed by atoms with E-state index >= 15 is 0 Å². The number of aryl methyl sites for hydroxylation is 1. The van der Waals surface area contributed by atoms with Crippen LogP contribution in [0.15, 0.2) is 54.8 Å². The largest absolute Gasteiger partial charge is 0.371 e. The molecule has 1 heterocycles. The van der Waals surface area contributed by atoms with E-state index in [0.29, 0.717) is 0 Å². The highest BCUT2D eigenvalue weighted by Crippen LogP contribution is 2.32. The maximum absolute atomic E-state index is 6.50. The Morgan fingerprint density at radius 2 is 2.10 bits per heavy atom. The fraction of sp³-hybridized carbons (Fsp3) is 0.222. The highest BCUT2D eigenvalue weighted by molar-refractivity contribution is 6.21. The summed E-state index contributed by atoms with van der Waals surface area (Å²) in [6, 6.07) is 8.34. The average molecular weight is 301 g/mol. The van der Waals surface area contributed by atoms with E-state index in [0.717, 1.165) is 11.2 Å². The molecule has 1 aromatic heterocycles. The molecule has 0 aliphatic rings. The summed E-state index contributed by atoms with van der Waals surface area (Å²) < 4.78 is 2.16. The molecule has 0 fully saturated rings. The lowest BCUT2D eigenvalue weighted by molar-refractivity contribution is 0.784. The number of nitrogens with one attached hydrogen (secondary N) is 1. The number of hydrogen-bond donors (Lipinski definition) is 1. The summed E-state index contributed by atoms with van der Waals surface area (Å²) in [4.78, 5) is 0. The molecule has 1 aromatic carbocycles. The first-order valence-electron chi connectivity index (χ1n) is 7.01. The molecule has 2 nitrogen and oxygen atoms in total. The quantitative estimate of drug-likeness (QED) is 0.447. The van der Waals surface area contributed by atoms with Crippen LogP contribution in [0, 0.1) is 6.92 Å². The Bertz CT molecular complexity index is 707. The van der Waals surface area contributed by atoms with Crippen LogP contribution in [0.3, 0.4) is 0 Å². The van der Waals surface area contributed by atoms with E-state index in [4.69, 9.17) is 11.6 Å². The molecule has 0 saturated carbocycles. The fourth-order valence-corrected chi connectivity index (χ4v) is 2.95. The Balaban J connectivity index is 2.72. The summed E-state index contributed by atoms with van der Waals surface area (Å²) >= 11 is 6.50. The van der Waals surface area contributed by atoms with Crippen molar-refractivity contribution in [3.63, 3.8) is 0 Å². The number of hydrogen-bond acceptors (Lipinski definition) is 1. The number of benzene rings is 1. The van der Waals surface area contributed by atoms with E-state index in [1.54, 1.807) is 6.20 Å². The topological polar surface area (TPSA) is 17.0 Å². The Labute approximate surface area is 131 Å². The number of para-hydroxylation sites is 1. The molecule has 110 valence electrons. The SMILES string of the molecule is C=CNC(Cl)c1c(C)c2ccccc2n1/C=C(C)\C=C\C. The lowest BCUT2D eigenvalue weighted by Gasteiger charge is -2.14. The Hall–Kier alpha value is -1.93. The van der Waals surface area contributed by atoms with Gasteiger partial charge in [-0.3, -0.25) is 0 Å². The van der Waals surface area contributed by atoms with Gasteiger partial charge < -0.3 is 9.88 Å². The van der Waals surface area contributed by atoms with Crippen LogP contribution in [-0.2, 0) is 0 Å². The minimum Gasteiger partial charge on any atom is -0.371 e. The van der Waals surface area contributed by atoms with E-state index in [1.807, 2.05) is 19.1 Å². The van der Waals surface area contributed by atoms with Crippen molar-refractivity contribution in [3.05, 3.63) is 66.0 Å². The van der Waals surface area contributed by atoms with Gasteiger partial charge in [0.25, 0.3) is 0 Å². The molecular weight excluding hydrogens is 280 g/mol. The van der Waals surface area contributed by atoms with E-state index in [-0.39, 0.29) is 5.50 Å². The standard InChI is InChI=1S/C18H21ClN2/c1-5-9-13(3)12-21-16-11-8-7-10-15(16)14(4)17(21)18(19)20-6-2/h5-12,18,20H,2H2,1,3-4H3/b9-5+,13-12-. The molecule has 1 atom stereocenters. The maximum atomic E-state index is 6.50. The van der Waals surface area contributed by atoms with Gasteiger partial charge in [-0.1, -0.05) is 48.5 Å². The third kappa shape index (κ3) is 3.06. The first kappa shape index (κ1) is 15.5. The zero-order chi connectivity index (χ0) is 15.4. The van der Waals surface area contributed by atoms with Crippen LogP contribution in [0.4, 0.5) is 0 Å². The van der Waals surface area contributed by atoms with Crippen molar-refractivity contribution in [1.29, 1.82) is 0 Å². The van der Waals surface area contributed by atoms with Crippen molar-refractivity contribution in [3.8, 4) is 0 Å². The molecule has 2 aromatic rings. The molecule has 2 rings (SSSR count). The van der Waals surface area contributed by atoms with Gasteiger partial charge >= 0.3 is 0 Å². The van der Waals surface area contributed by atoms with Gasteiger partial charge in [-0.05, 0) is 44.2 Å². The highest BCUT2D eigenvalue weighted by Gasteiger charge is 2.18. The lowest BCUT2D eigenvalue weighted by atomic mass is 10.1. The minimum absolute atomic E-state index is 0.315. The van der Waals surface area contributed by atoms with Crippen molar-refractivity contribution < 1.29 is 0 Å². The molecule has 0 spiro atoms. The Kier molecular flexibility index (Phi) is 4.92. The minimum atomic E-state index is -0.315. The van der Waals surface area contributed by atoms with Crippen LogP contribution in [0.25, 0.3) is 17.1 Å². The molecule has 0 saturated heterocycles. The molecule has 3 heteroatoms.